The van der Waals surface area contributed by atoms with Crippen LogP contribution in [0.25, 0.3) is 0 Å². The fraction of sp³-hybridized carbons (Fsp3) is 0.704. The topological polar surface area (TPSA) is 135 Å². The van der Waals surface area contributed by atoms with Crippen LogP contribution in [0.3, 0.4) is 0 Å². The van der Waals surface area contributed by atoms with E-state index in [-0.39, 0.29) is 18.9 Å². The molecule has 1 amide bonds. The van der Waals surface area contributed by atoms with Gasteiger partial charge in [-0.15, -0.1) is 0 Å². The fourth-order valence-electron chi connectivity index (χ4n) is 4.96. The molecule has 2 saturated heterocycles. The monoisotopic (exact) mass is 503 g/mol. The third kappa shape index (κ3) is 7.97. The Morgan fingerprint density at radius 2 is 1.81 bits per heavy atom. The largest absolute Gasteiger partial charge is 0.829 e. The Labute approximate surface area is 213 Å². The van der Waals surface area contributed by atoms with Crippen LogP contribution in [0.15, 0.2) is 30.3 Å². The maximum absolute atomic E-state index is 12.8. The number of aliphatic hydroxyl groups is 2. The van der Waals surface area contributed by atoms with E-state index >= 15 is 0 Å². The molecule has 9 nitrogen and oxygen atoms in total. The molecule has 3 rings (SSSR count). The second-order valence-electron chi connectivity index (χ2n) is 9.69. The molecule has 9 heteroatoms. The average Bonchev–Trinajstić information content (AvgIpc) is 2.87. The number of rotatable bonds is 13. The minimum absolute atomic E-state index is 0.129. The van der Waals surface area contributed by atoms with Crippen LogP contribution in [0.4, 0.5) is 0 Å². The highest BCUT2D eigenvalue weighted by atomic mass is 16.7. The summed E-state index contributed by atoms with van der Waals surface area (Å²) in [4.78, 5) is 13.9. The van der Waals surface area contributed by atoms with E-state index in [0.29, 0.717) is 13.0 Å². The van der Waals surface area contributed by atoms with Crippen LogP contribution in [-0.4, -0.2) is 70.9 Å². The lowest BCUT2D eigenvalue weighted by Gasteiger charge is -2.53. The van der Waals surface area contributed by atoms with Crippen molar-refractivity contribution in [2.24, 2.45) is 0 Å². The summed E-state index contributed by atoms with van der Waals surface area (Å²) in [5, 5.41) is 42.1. The average molecular weight is 504 g/mol. The van der Waals surface area contributed by atoms with Crippen molar-refractivity contribution in [2.45, 2.75) is 108 Å². The quantitative estimate of drug-likeness (QED) is 0.391. The van der Waals surface area contributed by atoms with Gasteiger partial charge in [0.05, 0.1) is 31.2 Å². The maximum atomic E-state index is 12.8. The molecule has 0 saturated carbocycles. The summed E-state index contributed by atoms with van der Waals surface area (Å²) >= 11 is 0. The van der Waals surface area contributed by atoms with Crippen LogP contribution in [0, 0.1) is 11.3 Å². The maximum Gasteiger partial charge on any atom is 0.219 e. The van der Waals surface area contributed by atoms with Crippen LogP contribution in [-0.2, 0) is 19.0 Å². The summed E-state index contributed by atoms with van der Waals surface area (Å²) in [5.74, 6) is -0.274. The van der Waals surface area contributed by atoms with Crippen LogP contribution < -0.4 is 5.11 Å². The molecule has 0 radical (unpaired) electrons. The first-order chi connectivity index (χ1) is 17.4. The summed E-state index contributed by atoms with van der Waals surface area (Å²) in [6, 6.07) is 10.3. The van der Waals surface area contributed by atoms with Gasteiger partial charge in [-0.2, -0.15) is 5.26 Å². The molecule has 200 valence electrons. The van der Waals surface area contributed by atoms with Gasteiger partial charge in [0.1, 0.15) is 18.3 Å². The van der Waals surface area contributed by atoms with E-state index < -0.39 is 43.0 Å². The lowest BCUT2D eigenvalue weighted by Crippen LogP contribution is -2.69. The molecule has 2 heterocycles. The third-order valence-electron chi connectivity index (χ3n) is 6.93. The minimum Gasteiger partial charge on any atom is -0.829 e. The Balaban J connectivity index is 1.45. The van der Waals surface area contributed by atoms with E-state index in [1.54, 1.807) is 0 Å². The van der Waals surface area contributed by atoms with Crippen molar-refractivity contribution in [3.05, 3.63) is 35.9 Å². The van der Waals surface area contributed by atoms with Crippen LogP contribution >= 0.6 is 0 Å². The van der Waals surface area contributed by atoms with Gasteiger partial charge in [0.25, 0.3) is 0 Å². The molecular formula is C27H39N2O7-. The Kier molecular flexibility index (Phi) is 11.6. The highest BCUT2D eigenvalue weighted by Crippen LogP contribution is 2.34. The first-order valence-corrected chi connectivity index (χ1v) is 13.1. The zero-order valence-electron chi connectivity index (χ0n) is 21.0. The van der Waals surface area contributed by atoms with Crippen molar-refractivity contribution in [3.8, 4) is 6.07 Å². The van der Waals surface area contributed by atoms with Crippen molar-refractivity contribution in [3.63, 3.8) is 0 Å². The van der Waals surface area contributed by atoms with Crippen molar-refractivity contribution in [1.29, 1.82) is 5.26 Å². The molecule has 2 aliphatic rings. The molecule has 2 N–H and O–H groups in total. The van der Waals surface area contributed by atoms with E-state index in [0.717, 1.165) is 50.5 Å². The highest BCUT2D eigenvalue weighted by Gasteiger charge is 2.48. The standard InChI is InChI=1S/C27H39N2O7/c1-19(30)29(17-11-6-4-2-3-5-10-14-21(31)15-16-28)23-24(32)25-22(35-26(23)33)18-34-27(36-25)20-12-8-7-9-13-20/h7-9,12-13,21-27,31-32H,2-6,10-11,14-15,17-18H2,1H3/q-1/t21?,22-,23-,24-,25-,26-,27?/m1/s1. The molecule has 0 spiro atoms. The van der Waals surface area contributed by atoms with Crippen molar-refractivity contribution < 1.29 is 34.3 Å². The number of carbonyl (C=O) groups excluding carboxylic acids is 1. The zero-order chi connectivity index (χ0) is 25.9. The number of aliphatic hydroxyl groups excluding tert-OH is 2. The molecule has 1 aromatic carbocycles. The molecule has 0 aromatic heterocycles. The molecule has 0 aliphatic carbocycles. The normalized spacial score (nSPS) is 28.6. The minimum atomic E-state index is -1.58. The van der Waals surface area contributed by atoms with Gasteiger partial charge in [-0.3, -0.25) is 4.79 Å². The van der Waals surface area contributed by atoms with Gasteiger partial charge < -0.3 is 34.4 Å². The third-order valence-corrected chi connectivity index (χ3v) is 6.93. The van der Waals surface area contributed by atoms with Crippen molar-refractivity contribution >= 4 is 5.91 Å². The van der Waals surface area contributed by atoms with Gasteiger partial charge >= 0.3 is 0 Å². The van der Waals surface area contributed by atoms with Crippen LogP contribution in [0.2, 0.25) is 0 Å². The summed E-state index contributed by atoms with van der Waals surface area (Å²) in [5.41, 5.74) is 0.811. The first kappa shape index (κ1) is 28.5. The molecule has 36 heavy (non-hydrogen) atoms. The van der Waals surface area contributed by atoms with Crippen LogP contribution in [0.1, 0.15) is 76.6 Å². The number of unbranched alkanes of at least 4 members (excludes halogenated alkanes) is 6. The Morgan fingerprint density at radius 1 is 1.14 bits per heavy atom. The predicted octanol–water partition coefficient (Wildman–Crippen LogP) is 2.16. The summed E-state index contributed by atoms with van der Waals surface area (Å²) in [6.07, 6.45) is 2.09. The molecule has 7 atom stereocenters. The zero-order valence-corrected chi connectivity index (χ0v) is 21.0. The lowest BCUT2D eigenvalue weighted by molar-refractivity contribution is -0.532. The SMILES string of the molecule is CC(=O)N(CCCCCCCCCC(O)CC#N)[C@@H]1[C@@H](O)[C@@H]2OC(c3ccccc3)OC[C@H]2O[C@H]1[O-]. The molecule has 0 bridgehead atoms. The number of benzene rings is 1. The van der Waals surface area contributed by atoms with Gasteiger partial charge in [-0.1, -0.05) is 68.9 Å². The number of fused-ring (bicyclic) bond motifs is 1. The predicted molar refractivity (Wildman–Crippen MR) is 129 cm³/mol. The Bertz CT molecular complexity index is 833. The van der Waals surface area contributed by atoms with Gasteiger partial charge in [0, 0.05) is 25.3 Å². The van der Waals surface area contributed by atoms with E-state index in [2.05, 4.69) is 0 Å². The smallest absolute Gasteiger partial charge is 0.219 e. The molecule has 2 fully saturated rings. The summed E-state index contributed by atoms with van der Waals surface area (Å²) < 4.78 is 17.3. The number of ether oxygens (including phenoxy) is 3. The summed E-state index contributed by atoms with van der Waals surface area (Å²) in [7, 11) is 0. The van der Waals surface area contributed by atoms with Gasteiger partial charge in [-0.25, -0.2) is 0 Å². The number of hydrogen-bond donors (Lipinski definition) is 2. The van der Waals surface area contributed by atoms with Gasteiger partial charge in [0.15, 0.2) is 6.29 Å². The van der Waals surface area contributed by atoms with Gasteiger partial charge in [-0.05, 0) is 12.8 Å². The molecular weight excluding hydrogens is 464 g/mol. The number of hydrogen-bond acceptors (Lipinski definition) is 8. The highest BCUT2D eigenvalue weighted by molar-refractivity contribution is 5.73. The van der Waals surface area contributed by atoms with Crippen molar-refractivity contribution in [1.82, 2.24) is 4.90 Å². The van der Waals surface area contributed by atoms with E-state index in [9.17, 15) is 20.1 Å². The molecule has 2 aliphatic heterocycles. The van der Waals surface area contributed by atoms with E-state index in [1.807, 2.05) is 36.4 Å². The summed E-state index contributed by atoms with van der Waals surface area (Å²) in [6.45, 7) is 1.91. The Morgan fingerprint density at radius 3 is 2.47 bits per heavy atom. The molecule has 1 aromatic rings. The second kappa shape index (κ2) is 14.6. The van der Waals surface area contributed by atoms with E-state index in [1.165, 1.54) is 11.8 Å². The van der Waals surface area contributed by atoms with Gasteiger partial charge in [0.2, 0.25) is 5.91 Å². The van der Waals surface area contributed by atoms with Crippen LogP contribution in [0.5, 0.6) is 0 Å². The first-order valence-electron chi connectivity index (χ1n) is 13.1. The van der Waals surface area contributed by atoms with E-state index in [4.69, 9.17) is 19.5 Å². The Hall–Kier alpha value is -2.06. The number of nitrogens with zero attached hydrogens (tertiary/aromatic N) is 2. The van der Waals surface area contributed by atoms with Crippen molar-refractivity contribution in [2.75, 3.05) is 13.2 Å². The lowest BCUT2D eigenvalue weighted by atomic mass is 9.94. The number of nitriles is 1. The second-order valence-corrected chi connectivity index (χ2v) is 9.69. The number of amides is 1. The molecule has 2 unspecified atom stereocenters. The number of carbonyl (C=O) groups is 1. The fourth-order valence-corrected chi connectivity index (χ4v) is 4.96.